The van der Waals surface area contributed by atoms with Gasteiger partial charge in [0.2, 0.25) is 0 Å². The van der Waals surface area contributed by atoms with Crippen LogP contribution in [0, 0.1) is 0 Å². The molecular formula is C11H19N7. The SMILES string of the molecule is CCC(C)n1ccc(CC(NN)c2ncn[nH]2)n1. The molecule has 0 aliphatic carbocycles. The molecule has 98 valence electrons. The molecular weight excluding hydrogens is 230 g/mol. The summed E-state index contributed by atoms with van der Waals surface area (Å²) in [6.07, 6.45) is 5.20. The van der Waals surface area contributed by atoms with Gasteiger partial charge in [0.15, 0.2) is 0 Å². The van der Waals surface area contributed by atoms with Gasteiger partial charge < -0.3 is 0 Å². The van der Waals surface area contributed by atoms with Crippen LogP contribution in [0.5, 0.6) is 0 Å². The lowest BCUT2D eigenvalue weighted by Gasteiger charge is -2.11. The van der Waals surface area contributed by atoms with E-state index in [1.54, 1.807) is 0 Å². The summed E-state index contributed by atoms with van der Waals surface area (Å²) in [5.41, 5.74) is 3.70. The fraction of sp³-hybridized carbons (Fsp3) is 0.545. The summed E-state index contributed by atoms with van der Waals surface area (Å²) in [4.78, 5) is 4.10. The Hall–Kier alpha value is -1.73. The van der Waals surface area contributed by atoms with Gasteiger partial charge in [-0.2, -0.15) is 10.2 Å². The highest BCUT2D eigenvalue weighted by Gasteiger charge is 2.15. The molecule has 7 nitrogen and oxygen atoms in total. The van der Waals surface area contributed by atoms with Crippen molar-refractivity contribution < 1.29 is 0 Å². The Morgan fingerprint density at radius 3 is 3.00 bits per heavy atom. The van der Waals surface area contributed by atoms with Crippen molar-refractivity contribution in [2.45, 2.75) is 38.8 Å². The van der Waals surface area contributed by atoms with E-state index in [4.69, 9.17) is 5.84 Å². The number of nitrogens with zero attached hydrogens (tertiary/aromatic N) is 4. The zero-order chi connectivity index (χ0) is 13.0. The van der Waals surface area contributed by atoms with Gasteiger partial charge in [0.05, 0.1) is 11.7 Å². The van der Waals surface area contributed by atoms with E-state index in [2.05, 4.69) is 39.6 Å². The minimum absolute atomic E-state index is 0.104. The van der Waals surface area contributed by atoms with Crippen LogP contribution in [-0.2, 0) is 6.42 Å². The third-order valence-electron chi connectivity index (χ3n) is 3.08. The molecule has 0 amide bonds. The van der Waals surface area contributed by atoms with E-state index in [0.29, 0.717) is 12.5 Å². The van der Waals surface area contributed by atoms with Crippen molar-refractivity contribution in [1.29, 1.82) is 0 Å². The molecule has 7 heteroatoms. The van der Waals surface area contributed by atoms with Crippen LogP contribution >= 0.6 is 0 Å². The second kappa shape index (κ2) is 5.74. The minimum Gasteiger partial charge on any atom is -0.271 e. The molecule has 18 heavy (non-hydrogen) atoms. The predicted octanol–water partition coefficient (Wildman–Crippen LogP) is 0.719. The first-order valence-corrected chi connectivity index (χ1v) is 6.10. The summed E-state index contributed by atoms with van der Waals surface area (Å²) in [7, 11) is 0. The van der Waals surface area contributed by atoms with Gasteiger partial charge in [-0.05, 0) is 19.4 Å². The molecule has 2 atom stereocenters. The van der Waals surface area contributed by atoms with Gasteiger partial charge in [-0.1, -0.05) is 6.92 Å². The van der Waals surface area contributed by atoms with E-state index in [-0.39, 0.29) is 6.04 Å². The maximum Gasteiger partial charge on any atom is 0.143 e. The van der Waals surface area contributed by atoms with Gasteiger partial charge in [0.1, 0.15) is 12.2 Å². The summed E-state index contributed by atoms with van der Waals surface area (Å²) in [5, 5.41) is 11.2. The lowest BCUT2D eigenvalue weighted by Crippen LogP contribution is -2.30. The Kier molecular flexibility index (Phi) is 4.06. The van der Waals surface area contributed by atoms with E-state index < -0.39 is 0 Å². The third kappa shape index (κ3) is 2.74. The van der Waals surface area contributed by atoms with Crippen LogP contribution in [0.15, 0.2) is 18.6 Å². The molecule has 0 aromatic carbocycles. The number of H-pyrrole nitrogens is 1. The molecule has 0 spiro atoms. The number of hydrazine groups is 1. The van der Waals surface area contributed by atoms with E-state index >= 15 is 0 Å². The fourth-order valence-electron chi connectivity index (χ4n) is 1.75. The first-order chi connectivity index (χ1) is 8.74. The minimum atomic E-state index is -0.104. The number of aromatic amines is 1. The van der Waals surface area contributed by atoms with Crippen molar-refractivity contribution in [3.63, 3.8) is 0 Å². The number of hydrogen-bond acceptors (Lipinski definition) is 5. The number of nitrogens with one attached hydrogen (secondary N) is 2. The fourth-order valence-corrected chi connectivity index (χ4v) is 1.75. The molecule has 0 bridgehead atoms. The van der Waals surface area contributed by atoms with Gasteiger partial charge in [-0.3, -0.25) is 15.6 Å². The standard InChI is InChI=1S/C11H19N7/c1-3-8(2)18-5-4-9(17-18)6-10(15-12)11-13-7-14-16-11/h4-5,7-8,10,15H,3,6,12H2,1-2H3,(H,13,14,16). The quantitative estimate of drug-likeness (QED) is 0.517. The van der Waals surface area contributed by atoms with E-state index in [1.165, 1.54) is 6.33 Å². The Bertz CT molecular complexity index is 461. The highest BCUT2D eigenvalue weighted by atomic mass is 15.3. The van der Waals surface area contributed by atoms with Crippen LogP contribution < -0.4 is 11.3 Å². The summed E-state index contributed by atoms with van der Waals surface area (Å²) in [6.45, 7) is 4.29. The van der Waals surface area contributed by atoms with Gasteiger partial charge >= 0.3 is 0 Å². The molecule has 0 saturated heterocycles. The number of nitrogens with two attached hydrogens (primary N) is 1. The molecule has 2 heterocycles. The Morgan fingerprint density at radius 2 is 2.39 bits per heavy atom. The molecule has 0 aliphatic rings. The smallest absolute Gasteiger partial charge is 0.143 e. The van der Waals surface area contributed by atoms with Crippen LogP contribution in [0.1, 0.15) is 43.9 Å². The van der Waals surface area contributed by atoms with E-state index in [1.807, 2.05) is 16.9 Å². The van der Waals surface area contributed by atoms with Gasteiger partial charge in [-0.25, -0.2) is 10.4 Å². The molecule has 0 saturated carbocycles. The predicted molar refractivity (Wildman–Crippen MR) is 67.4 cm³/mol. The first-order valence-electron chi connectivity index (χ1n) is 6.10. The average molecular weight is 249 g/mol. The number of aromatic nitrogens is 5. The second-order valence-corrected chi connectivity index (χ2v) is 4.34. The van der Waals surface area contributed by atoms with E-state index in [0.717, 1.165) is 17.9 Å². The van der Waals surface area contributed by atoms with Crippen LogP contribution in [0.4, 0.5) is 0 Å². The van der Waals surface area contributed by atoms with Crippen molar-refractivity contribution in [1.82, 2.24) is 30.4 Å². The molecule has 2 aromatic rings. The molecule has 2 unspecified atom stereocenters. The second-order valence-electron chi connectivity index (χ2n) is 4.34. The monoisotopic (exact) mass is 249 g/mol. The van der Waals surface area contributed by atoms with Crippen molar-refractivity contribution >= 4 is 0 Å². The molecule has 2 rings (SSSR count). The van der Waals surface area contributed by atoms with Gasteiger partial charge in [-0.15, -0.1) is 0 Å². The number of hydrogen-bond donors (Lipinski definition) is 3. The summed E-state index contributed by atoms with van der Waals surface area (Å²) in [6, 6.07) is 2.31. The number of rotatable bonds is 6. The van der Waals surface area contributed by atoms with Crippen LogP contribution in [0.25, 0.3) is 0 Å². The lowest BCUT2D eigenvalue weighted by atomic mass is 10.1. The molecule has 0 fully saturated rings. The Morgan fingerprint density at radius 1 is 1.56 bits per heavy atom. The molecule has 0 aliphatic heterocycles. The van der Waals surface area contributed by atoms with E-state index in [9.17, 15) is 0 Å². The highest BCUT2D eigenvalue weighted by Crippen LogP contribution is 2.14. The Balaban J connectivity index is 2.06. The van der Waals surface area contributed by atoms with Crippen LogP contribution in [0.2, 0.25) is 0 Å². The van der Waals surface area contributed by atoms with Crippen LogP contribution in [-0.4, -0.2) is 25.0 Å². The molecule has 4 N–H and O–H groups in total. The summed E-state index contributed by atoms with van der Waals surface area (Å²) >= 11 is 0. The first kappa shape index (κ1) is 12.7. The normalized spacial score (nSPS) is 14.6. The zero-order valence-electron chi connectivity index (χ0n) is 10.7. The summed E-state index contributed by atoms with van der Waals surface area (Å²) < 4.78 is 1.98. The topological polar surface area (TPSA) is 97.4 Å². The molecule has 2 aromatic heterocycles. The maximum absolute atomic E-state index is 5.53. The molecule has 0 radical (unpaired) electrons. The lowest BCUT2D eigenvalue weighted by molar-refractivity contribution is 0.464. The Labute approximate surface area is 106 Å². The third-order valence-corrected chi connectivity index (χ3v) is 3.08. The highest BCUT2D eigenvalue weighted by molar-refractivity contribution is 5.05. The maximum atomic E-state index is 5.53. The van der Waals surface area contributed by atoms with Gasteiger partial charge in [0.25, 0.3) is 0 Å². The van der Waals surface area contributed by atoms with Crippen molar-refractivity contribution in [3.05, 3.63) is 30.1 Å². The average Bonchev–Trinajstić information content (AvgIpc) is 3.05. The van der Waals surface area contributed by atoms with Crippen LogP contribution in [0.3, 0.4) is 0 Å². The zero-order valence-corrected chi connectivity index (χ0v) is 10.7. The van der Waals surface area contributed by atoms with Crippen molar-refractivity contribution in [3.8, 4) is 0 Å². The van der Waals surface area contributed by atoms with Gasteiger partial charge in [0, 0.05) is 18.7 Å². The van der Waals surface area contributed by atoms with Crippen molar-refractivity contribution in [2.24, 2.45) is 5.84 Å². The van der Waals surface area contributed by atoms with Crippen molar-refractivity contribution in [2.75, 3.05) is 0 Å². The largest absolute Gasteiger partial charge is 0.271 e. The summed E-state index contributed by atoms with van der Waals surface area (Å²) in [5.74, 6) is 6.25.